The zero-order chi connectivity index (χ0) is 15.6. The first-order valence-corrected chi connectivity index (χ1v) is 9.23. The third kappa shape index (κ3) is 3.95. The third-order valence-corrected chi connectivity index (χ3v) is 6.76. The molecule has 0 aliphatic rings. The van der Waals surface area contributed by atoms with Gasteiger partial charge < -0.3 is 10.3 Å². The average molecular weight is 320 g/mol. The Labute approximate surface area is 125 Å². The van der Waals surface area contributed by atoms with E-state index in [-0.39, 0.29) is 11.8 Å². The first kappa shape index (κ1) is 17.5. The third-order valence-electron chi connectivity index (χ3n) is 2.95. The number of rotatable bonds is 6. The Morgan fingerprint density at radius 1 is 1.30 bits per heavy atom. The molecule has 1 aromatic rings. The van der Waals surface area contributed by atoms with Crippen molar-refractivity contribution in [1.82, 2.24) is 14.8 Å². The second-order valence-corrected chi connectivity index (χ2v) is 9.77. The molecule has 0 fully saturated rings. The summed E-state index contributed by atoms with van der Waals surface area (Å²) in [5.74, 6) is 1.32. The van der Waals surface area contributed by atoms with E-state index in [9.17, 15) is 8.42 Å². The van der Waals surface area contributed by atoms with E-state index >= 15 is 0 Å². The van der Waals surface area contributed by atoms with Crippen molar-refractivity contribution in [2.24, 2.45) is 5.73 Å². The van der Waals surface area contributed by atoms with E-state index < -0.39 is 14.6 Å². The molecule has 2 N–H and O–H groups in total. The van der Waals surface area contributed by atoms with Crippen LogP contribution in [0.15, 0.2) is 5.16 Å². The van der Waals surface area contributed by atoms with Crippen molar-refractivity contribution in [3.8, 4) is 0 Å². The number of hydrogen-bond donors (Lipinski definition) is 1. The van der Waals surface area contributed by atoms with E-state index in [0.29, 0.717) is 12.3 Å². The van der Waals surface area contributed by atoms with Gasteiger partial charge in [-0.3, -0.25) is 0 Å². The normalized spacial score (nSPS) is 13.2. The Kier molecular flexibility index (Phi) is 5.62. The van der Waals surface area contributed by atoms with Gasteiger partial charge in [-0.15, -0.1) is 10.2 Å². The Bertz CT molecular complexity index is 544. The zero-order valence-electron chi connectivity index (χ0n) is 12.8. The predicted molar refractivity (Wildman–Crippen MR) is 82.6 cm³/mol. The van der Waals surface area contributed by atoms with Crippen molar-refractivity contribution in [1.29, 1.82) is 0 Å². The topological polar surface area (TPSA) is 90.9 Å². The van der Waals surface area contributed by atoms with E-state index in [4.69, 9.17) is 5.73 Å². The van der Waals surface area contributed by atoms with Crippen LogP contribution in [0.4, 0.5) is 0 Å². The van der Waals surface area contributed by atoms with Crippen molar-refractivity contribution in [3.05, 3.63) is 5.82 Å². The maximum absolute atomic E-state index is 12.0. The van der Waals surface area contributed by atoms with E-state index in [1.54, 1.807) is 20.8 Å². The first-order chi connectivity index (χ1) is 9.10. The molecule has 0 aliphatic carbocycles. The highest BCUT2D eigenvalue weighted by Crippen LogP contribution is 2.23. The number of hydrogen-bond acceptors (Lipinski definition) is 6. The quantitative estimate of drug-likeness (QED) is 0.801. The van der Waals surface area contributed by atoms with Gasteiger partial charge in [0, 0.05) is 11.8 Å². The lowest BCUT2D eigenvalue weighted by Crippen LogP contribution is -2.31. The van der Waals surface area contributed by atoms with E-state index in [1.165, 1.54) is 11.8 Å². The van der Waals surface area contributed by atoms with Crippen LogP contribution in [0.3, 0.4) is 0 Å². The molecule has 0 aliphatic heterocycles. The van der Waals surface area contributed by atoms with Crippen molar-refractivity contribution in [3.63, 3.8) is 0 Å². The molecule has 20 heavy (non-hydrogen) atoms. The fraction of sp³-hybridized carbons (Fsp3) is 0.833. The minimum Gasteiger partial charge on any atom is -0.324 e. The van der Waals surface area contributed by atoms with Gasteiger partial charge in [0.1, 0.15) is 5.82 Å². The highest BCUT2D eigenvalue weighted by molar-refractivity contribution is 8.00. The Balaban J connectivity index is 2.75. The molecule has 6 nitrogen and oxygen atoms in total. The standard InChI is InChI=1S/C12H24N4O2S2/c1-9(2)16-10(8-13)14-15-11(16)19-6-7-20(17,18)12(3,4)5/h9H,6-8,13H2,1-5H3. The van der Waals surface area contributed by atoms with Crippen LogP contribution in [-0.2, 0) is 16.4 Å². The number of aromatic nitrogens is 3. The molecule has 1 rings (SSSR count). The van der Waals surface area contributed by atoms with Crippen LogP contribution in [0.2, 0.25) is 0 Å². The highest BCUT2D eigenvalue weighted by atomic mass is 32.2. The van der Waals surface area contributed by atoms with Crippen molar-refractivity contribution < 1.29 is 8.42 Å². The van der Waals surface area contributed by atoms with Gasteiger partial charge in [0.15, 0.2) is 15.0 Å². The molecule has 116 valence electrons. The Morgan fingerprint density at radius 3 is 2.35 bits per heavy atom. The van der Waals surface area contributed by atoms with Gasteiger partial charge in [-0.05, 0) is 34.6 Å². The van der Waals surface area contributed by atoms with Crippen LogP contribution in [0.5, 0.6) is 0 Å². The molecule has 0 spiro atoms. The van der Waals surface area contributed by atoms with Crippen molar-refractivity contribution >= 4 is 21.6 Å². The first-order valence-electron chi connectivity index (χ1n) is 6.59. The highest BCUT2D eigenvalue weighted by Gasteiger charge is 2.28. The molecule has 1 heterocycles. The average Bonchev–Trinajstić information content (AvgIpc) is 2.70. The predicted octanol–water partition coefficient (Wildman–Crippen LogP) is 1.62. The molecule has 8 heteroatoms. The zero-order valence-corrected chi connectivity index (χ0v) is 14.4. The van der Waals surface area contributed by atoms with Gasteiger partial charge in [-0.1, -0.05) is 11.8 Å². The summed E-state index contributed by atoms with van der Waals surface area (Å²) >= 11 is 1.41. The van der Waals surface area contributed by atoms with Crippen molar-refractivity contribution in [2.75, 3.05) is 11.5 Å². The van der Waals surface area contributed by atoms with Gasteiger partial charge >= 0.3 is 0 Å². The van der Waals surface area contributed by atoms with Gasteiger partial charge in [0.05, 0.1) is 17.0 Å². The molecule has 1 aromatic heterocycles. The molecule has 0 aromatic carbocycles. The molecule has 0 radical (unpaired) electrons. The summed E-state index contributed by atoms with van der Waals surface area (Å²) in [6.45, 7) is 9.53. The molecule has 0 bridgehead atoms. The molecule has 0 saturated carbocycles. The molecular weight excluding hydrogens is 296 g/mol. The lowest BCUT2D eigenvalue weighted by atomic mass is 10.3. The van der Waals surface area contributed by atoms with Gasteiger partial charge in [-0.25, -0.2) is 8.42 Å². The molecule has 0 amide bonds. The molecule has 0 saturated heterocycles. The maximum atomic E-state index is 12.0. The van der Waals surface area contributed by atoms with Gasteiger partial charge in [-0.2, -0.15) is 0 Å². The number of sulfone groups is 1. The summed E-state index contributed by atoms with van der Waals surface area (Å²) < 4.78 is 25.3. The minimum atomic E-state index is -3.10. The summed E-state index contributed by atoms with van der Waals surface area (Å²) in [7, 11) is -3.10. The lowest BCUT2D eigenvalue weighted by Gasteiger charge is -2.19. The van der Waals surface area contributed by atoms with Crippen LogP contribution in [0, 0.1) is 0 Å². The number of nitrogens with zero attached hydrogens (tertiary/aromatic N) is 3. The van der Waals surface area contributed by atoms with Crippen LogP contribution in [0.1, 0.15) is 46.5 Å². The summed E-state index contributed by atoms with van der Waals surface area (Å²) in [4.78, 5) is 0. The van der Waals surface area contributed by atoms with Crippen molar-refractivity contribution in [2.45, 2.75) is 57.1 Å². The number of nitrogens with two attached hydrogens (primary N) is 1. The number of thioether (sulfide) groups is 1. The fourth-order valence-electron chi connectivity index (χ4n) is 1.61. The smallest absolute Gasteiger partial charge is 0.191 e. The molecule has 0 unspecified atom stereocenters. The second kappa shape index (κ2) is 6.44. The second-order valence-electron chi connectivity index (χ2n) is 5.85. The molecule has 0 atom stereocenters. The molecular formula is C12H24N4O2S2. The monoisotopic (exact) mass is 320 g/mol. The summed E-state index contributed by atoms with van der Waals surface area (Å²) in [5, 5.41) is 8.85. The van der Waals surface area contributed by atoms with E-state index in [2.05, 4.69) is 10.2 Å². The van der Waals surface area contributed by atoms with Crippen LogP contribution in [-0.4, -0.2) is 39.4 Å². The summed E-state index contributed by atoms with van der Waals surface area (Å²) in [6, 6.07) is 0.199. The maximum Gasteiger partial charge on any atom is 0.191 e. The van der Waals surface area contributed by atoms with Gasteiger partial charge in [0.2, 0.25) is 0 Å². The Morgan fingerprint density at radius 2 is 1.90 bits per heavy atom. The largest absolute Gasteiger partial charge is 0.324 e. The fourth-order valence-corrected chi connectivity index (χ4v) is 4.17. The minimum absolute atomic E-state index is 0.129. The summed E-state index contributed by atoms with van der Waals surface area (Å²) in [6.07, 6.45) is 0. The SMILES string of the molecule is CC(C)n1c(CN)nnc1SCCS(=O)(=O)C(C)(C)C. The van der Waals surface area contributed by atoms with E-state index in [1.807, 2.05) is 18.4 Å². The Hall–Kier alpha value is -0.600. The van der Waals surface area contributed by atoms with Gasteiger partial charge in [0.25, 0.3) is 0 Å². The van der Waals surface area contributed by atoms with Crippen LogP contribution >= 0.6 is 11.8 Å². The lowest BCUT2D eigenvalue weighted by molar-refractivity contribution is 0.526. The van der Waals surface area contributed by atoms with Crippen LogP contribution < -0.4 is 5.73 Å². The summed E-state index contributed by atoms with van der Waals surface area (Å²) in [5.41, 5.74) is 5.63. The van der Waals surface area contributed by atoms with Crippen LogP contribution in [0.25, 0.3) is 0 Å². The van der Waals surface area contributed by atoms with E-state index in [0.717, 1.165) is 11.0 Å².